The molecule has 1 fully saturated rings. The molecule has 0 aromatic carbocycles. The monoisotopic (exact) mass is 360 g/mol. The molecule has 1 atom stereocenters. The molecule has 1 aliphatic rings. The Labute approximate surface area is 145 Å². The molecule has 0 unspecified atom stereocenters. The van der Waals surface area contributed by atoms with Gasteiger partial charge in [-0.25, -0.2) is 4.79 Å². The van der Waals surface area contributed by atoms with Crippen LogP contribution < -0.4 is 10.6 Å². The molecule has 1 aliphatic heterocycles. The van der Waals surface area contributed by atoms with Gasteiger partial charge in [0.15, 0.2) is 6.10 Å². The summed E-state index contributed by atoms with van der Waals surface area (Å²) in [6.07, 6.45) is -0.760. The normalized spacial score (nSPS) is 20.8. The molecule has 0 bridgehead atoms. The largest absolute Gasteiger partial charge is 0.465 e. The van der Waals surface area contributed by atoms with Crippen LogP contribution in [0, 0.1) is 5.41 Å². The summed E-state index contributed by atoms with van der Waals surface area (Å²) < 4.78 is 10.4. The smallest absolute Gasteiger partial charge is 0.368 e. The number of thioether (sulfide) groups is 1. The summed E-state index contributed by atoms with van der Waals surface area (Å²) in [6.45, 7) is 5.44. The van der Waals surface area contributed by atoms with Crippen LogP contribution in [0.4, 0.5) is 4.79 Å². The van der Waals surface area contributed by atoms with Gasteiger partial charge >= 0.3 is 11.3 Å². The molecule has 2 N–H and O–H groups in total. The minimum Gasteiger partial charge on any atom is -0.465 e. The first kappa shape index (κ1) is 20.3. The number of amides is 2. The lowest BCUT2D eigenvalue weighted by Crippen LogP contribution is -2.49. The number of nitrogens with one attached hydrogen (secondary N) is 2. The first-order valence-corrected chi connectivity index (χ1v) is 8.78. The number of carbonyl (C=O) groups excluding carboxylic acids is 4. The van der Waals surface area contributed by atoms with Crippen molar-refractivity contribution in [2.75, 3.05) is 25.4 Å². The van der Waals surface area contributed by atoms with Gasteiger partial charge in [-0.3, -0.25) is 14.4 Å². The molecule has 0 aromatic heterocycles. The maximum atomic E-state index is 12.4. The van der Waals surface area contributed by atoms with Crippen LogP contribution in [-0.4, -0.2) is 54.6 Å². The lowest BCUT2D eigenvalue weighted by Gasteiger charge is -2.32. The second-order valence-electron chi connectivity index (χ2n) is 5.99. The van der Waals surface area contributed by atoms with E-state index in [9.17, 15) is 19.2 Å². The Bertz CT molecular complexity index is 494. The van der Waals surface area contributed by atoms with E-state index in [1.165, 1.54) is 0 Å². The molecule has 136 valence electrons. The standard InChI is InChI=1S/C15H24N2O6S/c1-4-11(19)22-9-15(2,3)12-13(20)17-6-5-10(18)16-7-8-24-14(21)23-12/h12H,4-9H2,1-3H3,(H,16,18)(H,17,20)/t12-/m0/s1. The average Bonchev–Trinajstić information content (AvgIpc) is 2.53. The van der Waals surface area contributed by atoms with Gasteiger partial charge in [0.05, 0.1) is 0 Å². The van der Waals surface area contributed by atoms with Crippen LogP contribution in [0.2, 0.25) is 0 Å². The fourth-order valence-electron chi connectivity index (χ4n) is 1.95. The molecule has 24 heavy (non-hydrogen) atoms. The average molecular weight is 360 g/mol. The van der Waals surface area contributed by atoms with E-state index in [0.29, 0.717) is 12.3 Å². The predicted octanol–water partition coefficient (Wildman–Crippen LogP) is 0.840. The third-order valence-corrected chi connectivity index (χ3v) is 4.09. The van der Waals surface area contributed by atoms with Crippen LogP contribution in [0.5, 0.6) is 0 Å². The van der Waals surface area contributed by atoms with Gasteiger partial charge in [-0.2, -0.15) is 0 Å². The number of rotatable bonds is 4. The lowest BCUT2D eigenvalue weighted by atomic mass is 9.86. The number of hydrogen-bond acceptors (Lipinski definition) is 7. The molecule has 1 saturated heterocycles. The topological polar surface area (TPSA) is 111 Å². The zero-order valence-electron chi connectivity index (χ0n) is 14.2. The molecule has 2 amide bonds. The first-order valence-electron chi connectivity index (χ1n) is 7.79. The van der Waals surface area contributed by atoms with Crippen molar-refractivity contribution in [3.05, 3.63) is 0 Å². The van der Waals surface area contributed by atoms with Crippen LogP contribution in [0.25, 0.3) is 0 Å². The Morgan fingerprint density at radius 3 is 2.67 bits per heavy atom. The number of esters is 1. The second-order valence-corrected chi connectivity index (χ2v) is 7.02. The van der Waals surface area contributed by atoms with Gasteiger partial charge in [-0.05, 0) is 11.8 Å². The van der Waals surface area contributed by atoms with Crippen LogP contribution in [0.1, 0.15) is 33.6 Å². The Kier molecular flexibility index (Phi) is 8.03. The Morgan fingerprint density at radius 1 is 1.29 bits per heavy atom. The van der Waals surface area contributed by atoms with Crippen molar-refractivity contribution < 1.29 is 28.7 Å². The van der Waals surface area contributed by atoms with E-state index in [-0.39, 0.29) is 31.9 Å². The van der Waals surface area contributed by atoms with Crippen molar-refractivity contribution in [1.29, 1.82) is 0 Å². The van der Waals surface area contributed by atoms with Crippen LogP contribution in [0.15, 0.2) is 0 Å². The minimum absolute atomic E-state index is 0.0593. The highest BCUT2D eigenvalue weighted by molar-refractivity contribution is 8.13. The summed E-state index contributed by atoms with van der Waals surface area (Å²) in [7, 11) is 0. The van der Waals surface area contributed by atoms with Gasteiger partial charge in [0.25, 0.3) is 5.91 Å². The third kappa shape index (κ3) is 6.77. The molecule has 9 heteroatoms. The molecule has 1 heterocycles. The van der Waals surface area contributed by atoms with Crippen molar-refractivity contribution in [2.45, 2.75) is 39.7 Å². The number of cyclic esters (lactones) is 1. The zero-order chi connectivity index (χ0) is 18.2. The highest BCUT2D eigenvalue weighted by Gasteiger charge is 2.40. The fourth-order valence-corrected chi connectivity index (χ4v) is 2.48. The van der Waals surface area contributed by atoms with Gasteiger partial charge in [0.2, 0.25) is 5.91 Å². The third-order valence-electron chi connectivity index (χ3n) is 3.35. The molecule has 0 radical (unpaired) electrons. The number of ether oxygens (including phenoxy) is 2. The summed E-state index contributed by atoms with van der Waals surface area (Å²) in [5, 5.41) is 4.61. The molecule has 0 saturated carbocycles. The summed E-state index contributed by atoms with van der Waals surface area (Å²) in [6, 6.07) is 0. The second kappa shape index (κ2) is 9.51. The summed E-state index contributed by atoms with van der Waals surface area (Å²) >= 11 is 0.880. The molecule has 0 spiro atoms. The highest BCUT2D eigenvalue weighted by Crippen LogP contribution is 2.26. The summed E-state index contributed by atoms with van der Waals surface area (Å²) in [4.78, 5) is 47.2. The van der Waals surface area contributed by atoms with Gasteiger partial charge < -0.3 is 20.1 Å². The predicted molar refractivity (Wildman–Crippen MR) is 88.4 cm³/mol. The van der Waals surface area contributed by atoms with E-state index in [4.69, 9.17) is 9.47 Å². The van der Waals surface area contributed by atoms with Crippen molar-refractivity contribution in [2.24, 2.45) is 5.41 Å². The molecule has 1 rings (SSSR count). The van der Waals surface area contributed by atoms with Gasteiger partial charge in [-0.1, -0.05) is 20.8 Å². The van der Waals surface area contributed by atoms with E-state index in [0.717, 1.165) is 11.8 Å². The van der Waals surface area contributed by atoms with Gasteiger partial charge in [0, 0.05) is 37.1 Å². The van der Waals surface area contributed by atoms with Gasteiger partial charge in [-0.15, -0.1) is 0 Å². The van der Waals surface area contributed by atoms with E-state index >= 15 is 0 Å². The maximum absolute atomic E-state index is 12.4. The van der Waals surface area contributed by atoms with Crippen LogP contribution >= 0.6 is 11.8 Å². The summed E-state index contributed by atoms with van der Waals surface area (Å²) in [5.41, 5.74) is -0.905. The minimum atomic E-state index is -1.12. The Morgan fingerprint density at radius 2 is 2.00 bits per heavy atom. The van der Waals surface area contributed by atoms with E-state index in [1.54, 1.807) is 20.8 Å². The van der Waals surface area contributed by atoms with Crippen LogP contribution in [-0.2, 0) is 23.9 Å². The Balaban J connectivity index is 2.83. The van der Waals surface area contributed by atoms with Crippen molar-refractivity contribution >= 4 is 34.8 Å². The lowest BCUT2D eigenvalue weighted by molar-refractivity contribution is -0.152. The summed E-state index contributed by atoms with van der Waals surface area (Å²) in [5.74, 6) is -0.758. The maximum Gasteiger partial charge on any atom is 0.368 e. The molecular formula is C15H24N2O6S. The fraction of sp³-hybridized carbons (Fsp3) is 0.733. The van der Waals surface area contributed by atoms with E-state index in [1.807, 2.05) is 0 Å². The van der Waals surface area contributed by atoms with Crippen molar-refractivity contribution in [1.82, 2.24) is 10.6 Å². The number of hydrogen-bond donors (Lipinski definition) is 2. The van der Waals surface area contributed by atoms with Gasteiger partial charge in [0.1, 0.15) is 6.61 Å². The van der Waals surface area contributed by atoms with E-state index in [2.05, 4.69) is 10.6 Å². The number of carbonyl (C=O) groups is 4. The Hall–Kier alpha value is -1.77. The SMILES string of the molecule is CCC(=O)OCC(C)(C)[C@H]1OC(=O)SCCNC(=O)CCNC1=O. The molecule has 0 aromatic rings. The zero-order valence-corrected chi connectivity index (χ0v) is 15.0. The highest BCUT2D eigenvalue weighted by atomic mass is 32.2. The molecule has 0 aliphatic carbocycles. The van der Waals surface area contributed by atoms with Crippen molar-refractivity contribution in [3.8, 4) is 0 Å². The molecular weight excluding hydrogens is 336 g/mol. The van der Waals surface area contributed by atoms with Crippen molar-refractivity contribution in [3.63, 3.8) is 0 Å². The molecule has 8 nitrogen and oxygen atoms in total. The first-order chi connectivity index (χ1) is 11.3. The quantitative estimate of drug-likeness (QED) is 0.715. The van der Waals surface area contributed by atoms with Crippen LogP contribution in [0.3, 0.4) is 0 Å². The van der Waals surface area contributed by atoms with E-state index < -0.39 is 28.7 Å².